The SMILES string of the molecule is N#CCc1c(C#N)c(N)nc(N(CCO)CCO)c1C#N. The van der Waals surface area contributed by atoms with Crippen molar-refractivity contribution in [3.05, 3.63) is 16.7 Å². The molecule has 1 aromatic rings. The first kappa shape index (κ1) is 16.2. The third-order valence-corrected chi connectivity index (χ3v) is 2.83. The van der Waals surface area contributed by atoms with E-state index in [1.54, 1.807) is 0 Å². The molecule has 0 aliphatic heterocycles. The lowest BCUT2D eigenvalue weighted by Gasteiger charge is -2.24. The fraction of sp³-hybridized carbons (Fsp3) is 0.385. The summed E-state index contributed by atoms with van der Waals surface area (Å²) < 4.78 is 0. The van der Waals surface area contributed by atoms with Crippen LogP contribution in [0, 0.1) is 34.0 Å². The van der Waals surface area contributed by atoms with E-state index in [0.717, 1.165) is 0 Å². The summed E-state index contributed by atoms with van der Waals surface area (Å²) >= 11 is 0. The number of nitrogens with two attached hydrogens (primary N) is 1. The highest BCUT2D eigenvalue weighted by Gasteiger charge is 2.21. The number of rotatable bonds is 6. The number of hydrogen-bond acceptors (Lipinski definition) is 8. The predicted molar refractivity (Wildman–Crippen MR) is 73.8 cm³/mol. The van der Waals surface area contributed by atoms with Crippen LogP contribution in [0.25, 0.3) is 0 Å². The lowest BCUT2D eigenvalue weighted by Crippen LogP contribution is -2.32. The molecule has 8 nitrogen and oxygen atoms in total. The zero-order chi connectivity index (χ0) is 15.8. The monoisotopic (exact) mass is 286 g/mol. The van der Waals surface area contributed by atoms with Gasteiger partial charge in [0.2, 0.25) is 0 Å². The first-order valence-corrected chi connectivity index (χ1v) is 6.10. The van der Waals surface area contributed by atoms with Crippen molar-refractivity contribution in [2.75, 3.05) is 36.9 Å². The van der Waals surface area contributed by atoms with Gasteiger partial charge in [-0.25, -0.2) is 4.98 Å². The molecule has 0 saturated heterocycles. The molecular formula is C13H14N6O2. The van der Waals surface area contributed by atoms with Crippen molar-refractivity contribution in [1.82, 2.24) is 4.98 Å². The van der Waals surface area contributed by atoms with Gasteiger partial charge in [-0.05, 0) is 0 Å². The van der Waals surface area contributed by atoms with Crippen molar-refractivity contribution >= 4 is 11.6 Å². The molecular weight excluding hydrogens is 272 g/mol. The highest BCUT2D eigenvalue weighted by atomic mass is 16.3. The Morgan fingerprint density at radius 1 is 1.05 bits per heavy atom. The van der Waals surface area contributed by atoms with Crippen molar-refractivity contribution in [3.8, 4) is 18.2 Å². The quantitative estimate of drug-likeness (QED) is 0.618. The molecule has 0 aliphatic rings. The van der Waals surface area contributed by atoms with Gasteiger partial charge in [0, 0.05) is 18.7 Å². The van der Waals surface area contributed by atoms with Crippen molar-refractivity contribution in [3.63, 3.8) is 0 Å². The molecule has 0 aromatic carbocycles. The van der Waals surface area contributed by atoms with Gasteiger partial charge in [-0.2, -0.15) is 15.8 Å². The topological polar surface area (TPSA) is 154 Å². The Balaban J connectivity index is 3.56. The van der Waals surface area contributed by atoms with E-state index in [4.69, 9.17) is 26.5 Å². The van der Waals surface area contributed by atoms with Crippen LogP contribution in [0.4, 0.5) is 11.6 Å². The lowest BCUT2D eigenvalue weighted by atomic mass is 10.0. The smallest absolute Gasteiger partial charge is 0.149 e. The summed E-state index contributed by atoms with van der Waals surface area (Å²) in [5, 5.41) is 45.4. The Hall–Kier alpha value is -2.86. The van der Waals surface area contributed by atoms with Gasteiger partial charge in [-0.15, -0.1) is 0 Å². The molecule has 0 saturated carbocycles. The Kier molecular flexibility index (Phi) is 5.91. The van der Waals surface area contributed by atoms with Gasteiger partial charge in [0.25, 0.3) is 0 Å². The molecule has 1 rings (SSSR count). The van der Waals surface area contributed by atoms with Gasteiger partial charge in [0.1, 0.15) is 29.3 Å². The van der Waals surface area contributed by atoms with Crippen molar-refractivity contribution in [2.45, 2.75) is 6.42 Å². The van der Waals surface area contributed by atoms with Crippen molar-refractivity contribution < 1.29 is 10.2 Å². The normalized spacial score (nSPS) is 9.48. The van der Waals surface area contributed by atoms with Gasteiger partial charge < -0.3 is 20.8 Å². The van der Waals surface area contributed by atoms with E-state index < -0.39 is 0 Å². The third kappa shape index (κ3) is 3.37. The van der Waals surface area contributed by atoms with Crippen LogP contribution in [0.1, 0.15) is 16.7 Å². The van der Waals surface area contributed by atoms with Crippen LogP contribution in [0.5, 0.6) is 0 Å². The lowest BCUT2D eigenvalue weighted by molar-refractivity contribution is 0.280. The minimum absolute atomic E-state index is 0.00444. The van der Waals surface area contributed by atoms with E-state index in [9.17, 15) is 5.26 Å². The van der Waals surface area contributed by atoms with E-state index in [1.165, 1.54) is 4.90 Å². The van der Waals surface area contributed by atoms with Crippen LogP contribution < -0.4 is 10.6 Å². The Morgan fingerprint density at radius 3 is 2.05 bits per heavy atom. The number of hydrogen-bond donors (Lipinski definition) is 3. The molecule has 0 amide bonds. The zero-order valence-electron chi connectivity index (χ0n) is 11.2. The van der Waals surface area contributed by atoms with Gasteiger partial charge in [-0.3, -0.25) is 0 Å². The fourth-order valence-corrected chi connectivity index (χ4v) is 1.93. The second kappa shape index (κ2) is 7.66. The second-order valence-corrected chi connectivity index (χ2v) is 4.04. The van der Waals surface area contributed by atoms with Gasteiger partial charge >= 0.3 is 0 Å². The zero-order valence-corrected chi connectivity index (χ0v) is 11.2. The predicted octanol–water partition coefficient (Wildman–Crippen LogP) is -0.736. The molecule has 0 atom stereocenters. The molecule has 0 unspecified atom stereocenters. The number of aromatic nitrogens is 1. The summed E-state index contributed by atoms with van der Waals surface area (Å²) in [6, 6.07) is 5.66. The second-order valence-electron chi connectivity index (χ2n) is 4.04. The summed E-state index contributed by atoms with van der Waals surface area (Å²) in [6.45, 7) is -0.140. The molecule has 0 radical (unpaired) electrons. The summed E-state index contributed by atoms with van der Waals surface area (Å²) in [5.41, 5.74) is 5.99. The summed E-state index contributed by atoms with van der Waals surface area (Å²) in [5.74, 6) is 0.0694. The minimum Gasteiger partial charge on any atom is -0.395 e. The standard InChI is InChI=1S/C13H14N6O2/c14-2-1-9-10(7-15)12(17)18-13(11(9)8-16)19(3-5-20)4-6-21/h20-21H,1,3-6H2,(H2,17,18). The number of aliphatic hydroxyl groups is 2. The average Bonchev–Trinajstić information content (AvgIpc) is 2.47. The molecule has 1 aromatic heterocycles. The van der Waals surface area contributed by atoms with E-state index in [-0.39, 0.29) is 61.1 Å². The number of aliphatic hydroxyl groups excluding tert-OH is 2. The molecule has 0 spiro atoms. The van der Waals surface area contributed by atoms with E-state index in [1.807, 2.05) is 18.2 Å². The number of nitriles is 3. The Morgan fingerprint density at radius 2 is 1.62 bits per heavy atom. The first-order chi connectivity index (χ1) is 10.1. The van der Waals surface area contributed by atoms with Crippen LogP contribution in [0.2, 0.25) is 0 Å². The largest absolute Gasteiger partial charge is 0.395 e. The highest BCUT2D eigenvalue weighted by Crippen LogP contribution is 2.27. The molecule has 1 heterocycles. The molecule has 0 bridgehead atoms. The molecule has 4 N–H and O–H groups in total. The van der Waals surface area contributed by atoms with E-state index in [0.29, 0.717) is 0 Å². The summed E-state index contributed by atoms with van der Waals surface area (Å²) in [6.07, 6.45) is -0.155. The first-order valence-electron chi connectivity index (χ1n) is 6.10. The number of nitrogen functional groups attached to an aromatic ring is 1. The molecule has 21 heavy (non-hydrogen) atoms. The molecule has 8 heteroatoms. The van der Waals surface area contributed by atoms with Crippen LogP contribution >= 0.6 is 0 Å². The number of nitrogens with zero attached hydrogens (tertiary/aromatic N) is 5. The number of pyridine rings is 1. The fourth-order valence-electron chi connectivity index (χ4n) is 1.93. The third-order valence-electron chi connectivity index (χ3n) is 2.83. The maximum absolute atomic E-state index is 9.32. The van der Waals surface area contributed by atoms with Crippen molar-refractivity contribution in [2.24, 2.45) is 0 Å². The average molecular weight is 286 g/mol. The molecule has 0 aliphatic carbocycles. The van der Waals surface area contributed by atoms with E-state index >= 15 is 0 Å². The van der Waals surface area contributed by atoms with Crippen LogP contribution in [0.3, 0.4) is 0 Å². The highest BCUT2D eigenvalue weighted by molar-refractivity contribution is 5.68. The maximum Gasteiger partial charge on any atom is 0.149 e. The van der Waals surface area contributed by atoms with Crippen LogP contribution in [-0.2, 0) is 6.42 Å². The van der Waals surface area contributed by atoms with Crippen LogP contribution in [0.15, 0.2) is 0 Å². The maximum atomic E-state index is 9.32. The Bertz CT molecular complexity index is 632. The molecule has 0 fully saturated rings. The summed E-state index contributed by atoms with van der Waals surface area (Å²) in [4.78, 5) is 5.51. The number of anilines is 2. The summed E-state index contributed by atoms with van der Waals surface area (Å²) in [7, 11) is 0. The Labute approximate surface area is 121 Å². The van der Waals surface area contributed by atoms with Crippen molar-refractivity contribution in [1.29, 1.82) is 15.8 Å². The van der Waals surface area contributed by atoms with Gasteiger partial charge in [0.15, 0.2) is 0 Å². The van der Waals surface area contributed by atoms with Gasteiger partial charge in [-0.1, -0.05) is 0 Å². The van der Waals surface area contributed by atoms with E-state index in [2.05, 4.69) is 4.98 Å². The minimum atomic E-state index is -0.208. The van der Waals surface area contributed by atoms with Crippen LogP contribution in [-0.4, -0.2) is 41.5 Å². The van der Waals surface area contributed by atoms with Gasteiger partial charge in [0.05, 0.1) is 31.3 Å². The molecule has 108 valence electrons.